The summed E-state index contributed by atoms with van der Waals surface area (Å²) in [4.78, 5) is 3.83. The zero-order chi connectivity index (χ0) is 15.7. The van der Waals surface area contributed by atoms with Gasteiger partial charge in [0.05, 0.1) is 5.69 Å². The van der Waals surface area contributed by atoms with Gasteiger partial charge >= 0.3 is 0 Å². The van der Waals surface area contributed by atoms with Crippen molar-refractivity contribution in [3.05, 3.63) is 18.5 Å². The zero-order valence-electron chi connectivity index (χ0n) is 11.7. The lowest BCUT2D eigenvalue weighted by Gasteiger charge is -2.33. The van der Waals surface area contributed by atoms with E-state index in [4.69, 9.17) is 0 Å². The summed E-state index contributed by atoms with van der Waals surface area (Å²) in [5, 5.41) is 1.76. The van der Waals surface area contributed by atoms with Crippen LogP contribution < -0.4 is 5.32 Å². The molecule has 0 spiro atoms. The van der Waals surface area contributed by atoms with Crippen LogP contribution in [0.5, 0.6) is 0 Å². The van der Waals surface area contributed by atoms with Gasteiger partial charge in [0, 0.05) is 43.7 Å². The monoisotopic (exact) mass is 351 g/mol. The lowest BCUT2D eigenvalue weighted by atomic mass is 10.4. The Morgan fingerprint density at radius 2 is 2.10 bits per heavy atom. The van der Waals surface area contributed by atoms with Gasteiger partial charge in [0.25, 0.3) is 0 Å². The first-order chi connectivity index (χ1) is 9.78. The quantitative estimate of drug-likeness (QED) is 0.829. The van der Waals surface area contributed by atoms with E-state index in [1.54, 1.807) is 13.1 Å². The summed E-state index contributed by atoms with van der Waals surface area (Å²) in [5.41, 5.74) is 0.399. The van der Waals surface area contributed by atoms with Gasteiger partial charge in [0.1, 0.15) is 10.3 Å². The average molecular weight is 351 g/mol. The molecule has 7 nitrogen and oxygen atoms in total. The van der Waals surface area contributed by atoms with Crippen LogP contribution >= 0.6 is 11.8 Å². The van der Waals surface area contributed by atoms with Gasteiger partial charge in [-0.05, 0) is 6.07 Å². The highest BCUT2D eigenvalue weighted by Gasteiger charge is 2.40. The third-order valence-corrected chi connectivity index (χ3v) is 7.88. The molecular formula is C11H17N3O4S3. The minimum absolute atomic E-state index is 0.00644. The van der Waals surface area contributed by atoms with Crippen molar-refractivity contribution >= 4 is 37.3 Å². The number of nitrogens with zero attached hydrogens (tertiary/aromatic N) is 2. The lowest BCUT2D eigenvalue weighted by Crippen LogP contribution is -2.49. The van der Waals surface area contributed by atoms with Crippen molar-refractivity contribution in [2.75, 3.05) is 36.7 Å². The Morgan fingerprint density at radius 1 is 1.38 bits per heavy atom. The van der Waals surface area contributed by atoms with E-state index in [2.05, 4.69) is 10.3 Å². The molecule has 2 rings (SSSR count). The molecule has 0 saturated carbocycles. The van der Waals surface area contributed by atoms with Gasteiger partial charge in [0.15, 0.2) is 9.84 Å². The maximum atomic E-state index is 12.8. The second-order valence-corrected chi connectivity index (χ2v) is 9.81. The number of sulfone groups is 1. The predicted molar refractivity (Wildman–Crippen MR) is 83.6 cm³/mol. The number of anilines is 1. The lowest BCUT2D eigenvalue weighted by molar-refractivity contribution is 0.405. The van der Waals surface area contributed by atoms with E-state index >= 15 is 0 Å². The fourth-order valence-corrected chi connectivity index (χ4v) is 7.41. The molecule has 2 heterocycles. The SMILES string of the molecule is CNc1ccncc1S(=O)(=O)N1CCSCC1S(C)(=O)=O. The summed E-state index contributed by atoms with van der Waals surface area (Å²) in [6.07, 6.45) is 3.78. The highest BCUT2D eigenvalue weighted by atomic mass is 32.2. The molecule has 118 valence electrons. The van der Waals surface area contributed by atoms with Crippen molar-refractivity contribution in [1.29, 1.82) is 0 Å². The molecule has 1 N–H and O–H groups in total. The summed E-state index contributed by atoms with van der Waals surface area (Å²) in [6.45, 7) is 0.169. The van der Waals surface area contributed by atoms with E-state index in [0.29, 0.717) is 11.4 Å². The van der Waals surface area contributed by atoms with E-state index in [-0.39, 0.29) is 17.2 Å². The van der Waals surface area contributed by atoms with E-state index < -0.39 is 25.2 Å². The summed E-state index contributed by atoms with van der Waals surface area (Å²) < 4.78 is 50.4. The van der Waals surface area contributed by atoms with Gasteiger partial charge < -0.3 is 5.32 Å². The number of pyridine rings is 1. The standard InChI is InChI=1S/C11H17N3O4S3/c1-12-9-3-4-13-7-10(9)21(17,18)14-5-6-19-8-11(14)20(2,15)16/h3-4,7,11H,5-6,8H2,1-2H3,(H,12,13). The number of sulfonamides is 1. The Kier molecular flexibility index (Phi) is 4.81. The molecule has 1 aromatic heterocycles. The molecule has 1 saturated heterocycles. The van der Waals surface area contributed by atoms with Gasteiger partial charge in [-0.15, -0.1) is 0 Å². The molecule has 0 aliphatic carbocycles. The van der Waals surface area contributed by atoms with Crippen LogP contribution in [0.25, 0.3) is 0 Å². The average Bonchev–Trinajstić information content (AvgIpc) is 2.46. The molecule has 21 heavy (non-hydrogen) atoms. The van der Waals surface area contributed by atoms with Crippen molar-refractivity contribution in [2.45, 2.75) is 10.3 Å². The molecule has 1 aliphatic heterocycles. The first-order valence-electron chi connectivity index (χ1n) is 6.18. The first-order valence-corrected chi connectivity index (χ1v) is 10.7. The van der Waals surface area contributed by atoms with Gasteiger partial charge in [0.2, 0.25) is 10.0 Å². The third kappa shape index (κ3) is 3.33. The second kappa shape index (κ2) is 6.11. The molecular weight excluding hydrogens is 334 g/mol. The van der Waals surface area contributed by atoms with Crippen molar-refractivity contribution in [1.82, 2.24) is 9.29 Å². The Bertz CT molecular complexity index is 718. The van der Waals surface area contributed by atoms with Crippen LogP contribution in [-0.2, 0) is 19.9 Å². The van der Waals surface area contributed by atoms with Crippen LogP contribution in [0.15, 0.2) is 23.4 Å². The van der Waals surface area contributed by atoms with Gasteiger partial charge in [-0.25, -0.2) is 16.8 Å². The molecule has 1 unspecified atom stereocenters. The zero-order valence-corrected chi connectivity index (χ0v) is 14.1. The van der Waals surface area contributed by atoms with E-state index in [1.165, 1.54) is 24.2 Å². The number of hydrogen-bond acceptors (Lipinski definition) is 7. The van der Waals surface area contributed by atoms with Crippen molar-refractivity contribution < 1.29 is 16.8 Å². The Labute approximate surface area is 129 Å². The molecule has 0 radical (unpaired) electrons. The van der Waals surface area contributed by atoms with Gasteiger partial charge in [-0.1, -0.05) is 0 Å². The van der Waals surface area contributed by atoms with Crippen molar-refractivity contribution in [3.63, 3.8) is 0 Å². The molecule has 1 aromatic rings. The predicted octanol–water partition coefficient (Wildman–Crippen LogP) is 0.232. The molecule has 1 atom stereocenters. The molecule has 1 aliphatic rings. The Morgan fingerprint density at radius 3 is 2.71 bits per heavy atom. The molecule has 0 amide bonds. The number of hydrogen-bond donors (Lipinski definition) is 1. The van der Waals surface area contributed by atoms with E-state index in [9.17, 15) is 16.8 Å². The normalized spacial score (nSPS) is 21.1. The van der Waals surface area contributed by atoms with Crippen LogP contribution in [0.3, 0.4) is 0 Å². The number of rotatable bonds is 4. The minimum atomic E-state index is -3.92. The van der Waals surface area contributed by atoms with Crippen LogP contribution in [0.4, 0.5) is 5.69 Å². The maximum absolute atomic E-state index is 12.8. The van der Waals surface area contributed by atoms with Crippen molar-refractivity contribution in [2.24, 2.45) is 0 Å². The summed E-state index contributed by atoms with van der Waals surface area (Å²) in [6, 6.07) is 1.54. The van der Waals surface area contributed by atoms with Crippen molar-refractivity contribution in [3.8, 4) is 0 Å². The minimum Gasteiger partial charge on any atom is -0.387 e. The first kappa shape index (κ1) is 16.5. The summed E-state index contributed by atoms with van der Waals surface area (Å²) >= 11 is 1.44. The van der Waals surface area contributed by atoms with Gasteiger partial charge in [-0.3, -0.25) is 4.98 Å². The van der Waals surface area contributed by atoms with Gasteiger partial charge in [-0.2, -0.15) is 16.1 Å². The summed E-state index contributed by atoms with van der Waals surface area (Å²) in [5.74, 6) is 0.813. The van der Waals surface area contributed by atoms with E-state index in [1.807, 2.05) is 0 Å². The fourth-order valence-electron chi connectivity index (χ4n) is 2.10. The number of nitrogens with one attached hydrogen (secondary N) is 1. The largest absolute Gasteiger partial charge is 0.387 e. The number of aromatic nitrogens is 1. The molecule has 1 fully saturated rings. The Balaban J connectivity index is 2.51. The molecule has 10 heteroatoms. The third-order valence-electron chi connectivity index (χ3n) is 3.17. The maximum Gasteiger partial charge on any atom is 0.247 e. The van der Waals surface area contributed by atoms with Crippen LogP contribution in [-0.4, -0.2) is 62.9 Å². The van der Waals surface area contributed by atoms with Crippen LogP contribution in [0, 0.1) is 0 Å². The highest BCUT2D eigenvalue weighted by molar-refractivity contribution is 8.01. The van der Waals surface area contributed by atoms with Crippen LogP contribution in [0.2, 0.25) is 0 Å². The highest BCUT2D eigenvalue weighted by Crippen LogP contribution is 2.30. The second-order valence-electron chi connectivity index (χ2n) is 4.60. The summed E-state index contributed by atoms with van der Waals surface area (Å²) in [7, 11) is -5.82. The Hall–Kier alpha value is -0.840. The molecule has 0 bridgehead atoms. The topological polar surface area (TPSA) is 96.4 Å². The smallest absolute Gasteiger partial charge is 0.247 e. The van der Waals surface area contributed by atoms with E-state index in [0.717, 1.165) is 10.6 Å². The number of thioether (sulfide) groups is 1. The van der Waals surface area contributed by atoms with Crippen LogP contribution in [0.1, 0.15) is 0 Å². The fraction of sp³-hybridized carbons (Fsp3) is 0.545. The molecule has 0 aromatic carbocycles.